The van der Waals surface area contributed by atoms with E-state index in [1.165, 1.54) is 0 Å². The van der Waals surface area contributed by atoms with Gasteiger partial charge in [-0.2, -0.15) is 13.2 Å². The smallest absolute Gasteiger partial charge is 0.258 e. The lowest BCUT2D eigenvalue weighted by Gasteiger charge is -2.03. The third-order valence-corrected chi connectivity index (χ3v) is 3.09. The average molecular weight is 255 g/mol. The van der Waals surface area contributed by atoms with Gasteiger partial charge in [0.25, 0.3) is 0 Å². The standard InChI is InChI=1S/C7H4F3NO4S/c8-4-2-1-3-5(6(4)11(12)13)16(14,15)7(9)10/h1-3,7H. The van der Waals surface area contributed by atoms with Crippen molar-refractivity contribution in [2.75, 3.05) is 0 Å². The Balaban J connectivity index is 3.59. The minimum atomic E-state index is -5.19. The molecule has 0 bridgehead atoms. The molecule has 0 aliphatic carbocycles. The number of alkyl halides is 2. The summed E-state index contributed by atoms with van der Waals surface area (Å²) in [6.07, 6.45) is 0. The van der Waals surface area contributed by atoms with Crippen LogP contribution in [0.4, 0.5) is 18.9 Å². The Morgan fingerprint density at radius 1 is 1.31 bits per heavy atom. The van der Waals surface area contributed by atoms with E-state index >= 15 is 0 Å². The van der Waals surface area contributed by atoms with Gasteiger partial charge in [0.1, 0.15) is 0 Å². The van der Waals surface area contributed by atoms with Gasteiger partial charge in [0.15, 0.2) is 4.90 Å². The van der Waals surface area contributed by atoms with Crippen molar-refractivity contribution in [3.8, 4) is 0 Å². The molecule has 0 fully saturated rings. The van der Waals surface area contributed by atoms with Crippen LogP contribution in [0.1, 0.15) is 0 Å². The average Bonchev–Trinajstić information content (AvgIpc) is 2.16. The van der Waals surface area contributed by atoms with Gasteiger partial charge in [-0.1, -0.05) is 6.07 Å². The fourth-order valence-corrected chi connectivity index (χ4v) is 1.90. The van der Waals surface area contributed by atoms with Crippen LogP contribution in [0.2, 0.25) is 0 Å². The number of para-hydroxylation sites is 1. The van der Waals surface area contributed by atoms with Gasteiger partial charge in [0.2, 0.25) is 15.7 Å². The zero-order valence-electron chi connectivity index (χ0n) is 7.43. The van der Waals surface area contributed by atoms with Crippen molar-refractivity contribution in [2.45, 2.75) is 10.7 Å². The van der Waals surface area contributed by atoms with E-state index in [9.17, 15) is 31.7 Å². The number of hydrogen-bond acceptors (Lipinski definition) is 4. The monoisotopic (exact) mass is 255 g/mol. The molecule has 0 saturated heterocycles. The van der Waals surface area contributed by atoms with Gasteiger partial charge in [-0.15, -0.1) is 0 Å². The van der Waals surface area contributed by atoms with Crippen LogP contribution in [0.15, 0.2) is 23.1 Å². The number of halogens is 3. The third-order valence-electron chi connectivity index (χ3n) is 1.67. The van der Waals surface area contributed by atoms with Crippen LogP contribution < -0.4 is 0 Å². The van der Waals surface area contributed by atoms with Crippen LogP contribution in [-0.2, 0) is 9.84 Å². The molecular formula is C7H4F3NO4S. The molecule has 0 atom stereocenters. The van der Waals surface area contributed by atoms with Crippen molar-refractivity contribution in [3.05, 3.63) is 34.1 Å². The minimum Gasteiger partial charge on any atom is -0.258 e. The van der Waals surface area contributed by atoms with Crippen molar-refractivity contribution < 1.29 is 26.5 Å². The van der Waals surface area contributed by atoms with E-state index < -0.39 is 36.9 Å². The molecule has 1 aromatic carbocycles. The molecule has 0 saturated carbocycles. The lowest BCUT2D eigenvalue weighted by atomic mass is 10.3. The highest BCUT2D eigenvalue weighted by Crippen LogP contribution is 2.30. The summed E-state index contributed by atoms with van der Waals surface area (Å²) in [5, 5.41) is 10.4. The van der Waals surface area contributed by atoms with Crippen molar-refractivity contribution in [3.63, 3.8) is 0 Å². The number of nitro groups is 1. The Hall–Kier alpha value is -1.64. The molecule has 16 heavy (non-hydrogen) atoms. The molecule has 0 radical (unpaired) electrons. The summed E-state index contributed by atoms with van der Waals surface area (Å²) in [5.74, 6) is -5.32. The van der Waals surface area contributed by atoms with E-state index in [0.717, 1.165) is 6.07 Å². The highest BCUT2D eigenvalue weighted by molar-refractivity contribution is 7.91. The molecule has 0 spiro atoms. The second kappa shape index (κ2) is 4.08. The van der Waals surface area contributed by atoms with E-state index in [1.54, 1.807) is 0 Å². The molecule has 0 aliphatic rings. The molecule has 0 heterocycles. The predicted molar refractivity (Wildman–Crippen MR) is 46.2 cm³/mol. The van der Waals surface area contributed by atoms with Crippen molar-refractivity contribution >= 4 is 15.5 Å². The molecule has 0 amide bonds. The summed E-state index contributed by atoms with van der Waals surface area (Å²) in [5.41, 5.74) is -1.47. The summed E-state index contributed by atoms with van der Waals surface area (Å²) in [7, 11) is -5.19. The van der Waals surface area contributed by atoms with Crippen molar-refractivity contribution in [2.24, 2.45) is 0 Å². The Kier molecular flexibility index (Phi) is 3.17. The normalized spacial score (nSPS) is 11.8. The maximum Gasteiger partial charge on any atom is 0.341 e. The van der Waals surface area contributed by atoms with Crippen molar-refractivity contribution in [1.82, 2.24) is 0 Å². The van der Waals surface area contributed by atoms with Crippen molar-refractivity contribution in [1.29, 1.82) is 0 Å². The molecule has 0 aromatic heterocycles. The third kappa shape index (κ3) is 1.98. The van der Waals surface area contributed by atoms with Gasteiger partial charge in [-0.3, -0.25) is 10.1 Å². The molecule has 1 aromatic rings. The van der Waals surface area contributed by atoms with Gasteiger partial charge >= 0.3 is 11.4 Å². The first kappa shape index (κ1) is 12.4. The van der Waals surface area contributed by atoms with E-state index in [0.29, 0.717) is 12.1 Å². The molecule has 0 unspecified atom stereocenters. The Morgan fingerprint density at radius 2 is 1.88 bits per heavy atom. The molecule has 0 aliphatic heterocycles. The fourth-order valence-electron chi connectivity index (χ4n) is 0.998. The first-order valence-corrected chi connectivity index (χ1v) is 5.28. The topological polar surface area (TPSA) is 77.3 Å². The first-order valence-electron chi connectivity index (χ1n) is 3.73. The highest BCUT2D eigenvalue weighted by Gasteiger charge is 2.35. The molecule has 0 N–H and O–H groups in total. The number of nitro benzene ring substituents is 1. The predicted octanol–water partition coefficient (Wildman–Crippen LogP) is 1.73. The number of rotatable bonds is 3. The number of nitrogens with zero attached hydrogens (tertiary/aromatic N) is 1. The zero-order chi connectivity index (χ0) is 12.5. The Bertz CT molecular complexity index is 528. The lowest BCUT2D eigenvalue weighted by molar-refractivity contribution is -0.390. The van der Waals surface area contributed by atoms with E-state index in [1.807, 2.05) is 0 Å². The first-order chi connectivity index (χ1) is 7.28. The zero-order valence-corrected chi connectivity index (χ0v) is 8.25. The summed E-state index contributed by atoms with van der Waals surface area (Å²) >= 11 is 0. The summed E-state index contributed by atoms with van der Waals surface area (Å²) in [4.78, 5) is 7.69. The quantitative estimate of drug-likeness (QED) is 0.608. The van der Waals surface area contributed by atoms with Gasteiger partial charge in [-0.05, 0) is 12.1 Å². The minimum absolute atomic E-state index is 0.558. The van der Waals surface area contributed by atoms with E-state index in [2.05, 4.69) is 0 Å². The summed E-state index contributed by atoms with van der Waals surface area (Å²) < 4.78 is 59.2. The van der Waals surface area contributed by atoms with Gasteiger partial charge < -0.3 is 0 Å². The SMILES string of the molecule is O=[N+]([O-])c1c(F)cccc1S(=O)(=O)C(F)F. The maximum absolute atomic E-state index is 12.9. The van der Waals surface area contributed by atoms with Crippen LogP contribution in [0.5, 0.6) is 0 Å². The maximum atomic E-state index is 12.9. The molecule has 5 nitrogen and oxygen atoms in total. The largest absolute Gasteiger partial charge is 0.341 e. The van der Waals surface area contributed by atoms with E-state index in [-0.39, 0.29) is 0 Å². The lowest BCUT2D eigenvalue weighted by Crippen LogP contribution is -2.14. The molecule has 88 valence electrons. The fraction of sp³-hybridized carbons (Fsp3) is 0.143. The van der Waals surface area contributed by atoms with Crippen LogP contribution in [0, 0.1) is 15.9 Å². The highest BCUT2D eigenvalue weighted by atomic mass is 32.2. The number of benzene rings is 1. The van der Waals surface area contributed by atoms with Gasteiger partial charge in [-0.25, -0.2) is 8.42 Å². The second-order valence-electron chi connectivity index (χ2n) is 2.65. The van der Waals surface area contributed by atoms with Crippen LogP contribution in [-0.4, -0.2) is 19.1 Å². The van der Waals surface area contributed by atoms with Crippen LogP contribution in [0.25, 0.3) is 0 Å². The van der Waals surface area contributed by atoms with Crippen LogP contribution >= 0.6 is 0 Å². The summed E-state index contributed by atoms with van der Waals surface area (Å²) in [6, 6.07) is 1.98. The molecule has 1 rings (SSSR count). The summed E-state index contributed by atoms with van der Waals surface area (Å²) in [6.45, 7) is 0. The van der Waals surface area contributed by atoms with Gasteiger partial charge in [0, 0.05) is 0 Å². The number of hydrogen-bond donors (Lipinski definition) is 0. The molecular weight excluding hydrogens is 251 g/mol. The van der Waals surface area contributed by atoms with Gasteiger partial charge in [0.05, 0.1) is 4.92 Å². The van der Waals surface area contributed by atoms with E-state index in [4.69, 9.17) is 0 Å². The van der Waals surface area contributed by atoms with Crippen LogP contribution in [0.3, 0.4) is 0 Å². The second-order valence-corrected chi connectivity index (χ2v) is 4.54. The Labute approximate surface area is 87.6 Å². The Morgan fingerprint density at radius 3 is 2.31 bits per heavy atom. The molecule has 9 heteroatoms. The number of sulfone groups is 1.